The standard InChI is InChI=1S/C24H19N3O5S/c1-16-5-11-21-20(14-16)24(29)17(15-32-21)6-12-23(28)26-18-7-9-19(10-8-18)33(30,31)27-22-4-2-3-13-25-22/h2-15H,1H3,(H,25,27)(H,26,28)/b12-6+. The van der Waals surface area contributed by atoms with E-state index in [4.69, 9.17) is 4.42 Å². The molecule has 2 aromatic carbocycles. The minimum absolute atomic E-state index is 0.0192. The summed E-state index contributed by atoms with van der Waals surface area (Å²) in [7, 11) is -3.82. The zero-order chi connectivity index (χ0) is 23.4. The van der Waals surface area contributed by atoms with Gasteiger partial charge in [0.2, 0.25) is 5.91 Å². The number of aryl methyl sites for hydroxylation is 1. The molecule has 0 aliphatic carbocycles. The third-order valence-corrected chi connectivity index (χ3v) is 6.08. The fourth-order valence-electron chi connectivity index (χ4n) is 3.06. The van der Waals surface area contributed by atoms with Crippen molar-refractivity contribution in [2.75, 3.05) is 10.0 Å². The highest BCUT2D eigenvalue weighted by molar-refractivity contribution is 7.92. The third-order valence-electron chi connectivity index (χ3n) is 4.70. The Morgan fingerprint density at radius 1 is 1.06 bits per heavy atom. The van der Waals surface area contributed by atoms with E-state index in [1.807, 2.05) is 13.0 Å². The van der Waals surface area contributed by atoms with Crippen LogP contribution in [0.2, 0.25) is 0 Å². The van der Waals surface area contributed by atoms with Crippen LogP contribution in [-0.2, 0) is 14.8 Å². The molecular formula is C24H19N3O5S. The molecule has 33 heavy (non-hydrogen) atoms. The predicted octanol–water partition coefficient (Wildman–Crippen LogP) is 3.95. The van der Waals surface area contributed by atoms with Gasteiger partial charge in [0, 0.05) is 18.0 Å². The van der Waals surface area contributed by atoms with Crippen LogP contribution in [0.15, 0.2) is 93.3 Å². The van der Waals surface area contributed by atoms with Crippen LogP contribution >= 0.6 is 0 Å². The Morgan fingerprint density at radius 2 is 1.85 bits per heavy atom. The van der Waals surface area contributed by atoms with Gasteiger partial charge in [0.1, 0.15) is 17.7 Å². The summed E-state index contributed by atoms with van der Waals surface area (Å²) < 4.78 is 32.8. The van der Waals surface area contributed by atoms with Crippen molar-refractivity contribution in [3.63, 3.8) is 0 Å². The van der Waals surface area contributed by atoms with E-state index in [1.54, 1.807) is 24.3 Å². The van der Waals surface area contributed by atoms with Gasteiger partial charge in [-0.1, -0.05) is 17.7 Å². The minimum atomic E-state index is -3.82. The van der Waals surface area contributed by atoms with Crippen LogP contribution in [0.4, 0.5) is 11.5 Å². The number of benzene rings is 2. The van der Waals surface area contributed by atoms with Crippen LogP contribution in [0.1, 0.15) is 11.1 Å². The average Bonchev–Trinajstić information content (AvgIpc) is 2.80. The summed E-state index contributed by atoms with van der Waals surface area (Å²) in [5.74, 6) is -0.283. The first-order valence-corrected chi connectivity index (χ1v) is 11.4. The molecular weight excluding hydrogens is 442 g/mol. The first kappa shape index (κ1) is 22.0. The Labute approximate surface area is 189 Å². The van der Waals surface area contributed by atoms with Crippen LogP contribution in [0.3, 0.4) is 0 Å². The monoisotopic (exact) mass is 461 g/mol. The molecule has 0 radical (unpaired) electrons. The Bertz CT molecular complexity index is 1510. The number of sulfonamides is 1. The van der Waals surface area contributed by atoms with Crippen LogP contribution < -0.4 is 15.5 Å². The molecule has 166 valence electrons. The normalized spacial score (nSPS) is 11.5. The largest absolute Gasteiger partial charge is 0.463 e. The molecule has 2 N–H and O–H groups in total. The van der Waals surface area contributed by atoms with Gasteiger partial charge < -0.3 is 9.73 Å². The molecule has 9 heteroatoms. The molecule has 0 saturated carbocycles. The lowest BCUT2D eigenvalue weighted by Crippen LogP contribution is -2.14. The summed E-state index contributed by atoms with van der Waals surface area (Å²) in [4.78, 5) is 28.8. The van der Waals surface area contributed by atoms with E-state index in [2.05, 4.69) is 15.0 Å². The molecule has 0 unspecified atom stereocenters. The van der Waals surface area contributed by atoms with E-state index in [0.29, 0.717) is 16.7 Å². The van der Waals surface area contributed by atoms with Crippen molar-refractivity contribution in [3.8, 4) is 0 Å². The highest BCUT2D eigenvalue weighted by Crippen LogP contribution is 2.17. The summed E-state index contributed by atoms with van der Waals surface area (Å²) in [6.45, 7) is 1.87. The van der Waals surface area contributed by atoms with Crippen LogP contribution in [-0.4, -0.2) is 19.3 Å². The highest BCUT2D eigenvalue weighted by atomic mass is 32.2. The van der Waals surface area contributed by atoms with Crippen LogP contribution in [0.5, 0.6) is 0 Å². The molecule has 0 bridgehead atoms. The molecule has 0 aliphatic rings. The van der Waals surface area contributed by atoms with Crippen LogP contribution in [0.25, 0.3) is 17.0 Å². The smallest absolute Gasteiger partial charge is 0.263 e. The van der Waals surface area contributed by atoms with Gasteiger partial charge in [-0.05, 0) is 61.5 Å². The first-order chi connectivity index (χ1) is 15.8. The molecule has 0 spiro atoms. The zero-order valence-electron chi connectivity index (χ0n) is 17.5. The Morgan fingerprint density at radius 3 is 2.58 bits per heavy atom. The number of aromatic nitrogens is 1. The molecule has 4 rings (SSSR count). The molecule has 8 nitrogen and oxygen atoms in total. The second-order valence-corrected chi connectivity index (χ2v) is 8.87. The summed E-state index contributed by atoms with van der Waals surface area (Å²) in [5, 5.41) is 3.06. The number of carbonyl (C=O) groups is 1. The number of rotatable bonds is 6. The number of pyridine rings is 1. The van der Waals surface area contributed by atoms with E-state index in [0.717, 1.165) is 5.56 Å². The topological polar surface area (TPSA) is 118 Å². The molecule has 2 aromatic heterocycles. The molecule has 4 aromatic rings. The Hall–Kier alpha value is -4.24. The Balaban J connectivity index is 1.45. The number of anilines is 2. The quantitative estimate of drug-likeness (QED) is 0.420. The van der Waals surface area contributed by atoms with Gasteiger partial charge in [0.15, 0.2) is 5.43 Å². The number of amides is 1. The van der Waals surface area contributed by atoms with Gasteiger partial charge in [-0.2, -0.15) is 0 Å². The number of fused-ring (bicyclic) bond motifs is 1. The fraction of sp³-hybridized carbons (Fsp3) is 0.0417. The number of hydrogen-bond acceptors (Lipinski definition) is 6. The number of nitrogens with one attached hydrogen (secondary N) is 2. The summed E-state index contributed by atoms with van der Waals surface area (Å²) in [6, 6.07) is 15.8. The van der Waals surface area contributed by atoms with Crippen molar-refractivity contribution in [1.82, 2.24) is 4.98 Å². The van der Waals surface area contributed by atoms with Gasteiger partial charge in [-0.15, -0.1) is 0 Å². The second kappa shape index (κ2) is 9.09. The number of carbonyl (C=O) groups excluding carboxylic acids is 1. The van der Waals surface area contributed by atoms with Gasteiger partial charge in [-0.25, -0.2) is 13.4 Å². The summed E-state index contributed by atoms with van der Waals surface area (Å²) in [6.07, 6.45) is 5.37. The van der Waals surface area contributed by atoms with Gasteiger partial charge in [0.25, 0.3) is 10.0 Å². The van der Waals surface area contributed by atoms with E-state index < -0.39 is 15.9 Å². The Kier molecular flexibility index (Phi) is 6.05. The van der Waals surface area contributed by atoms with E-state index in [1.165, 1.54) is 54.9 Å². The minimum Gasteiger partial charge on any atom is -0.463 e. The maximum atomic E-state index is 12.6. The molecule has 1 amide bonds. The molecule has 0 atom stereocenters. The van der Waals surface area contributed by atoms with Gasteiger partial charge >= 0.3 is 0 Å². The van der Waals surface area contributed by atoms with Gasteiger partial charge in [0.05, 0.1) is 15.8 Å². The number of hydrogen-bond donors (Lipinski definition) is 2. The van der Waals surface area contributed by atoms with Crippen molar-refractivity contribution in [2.45, 2.75) is 11.8 Å². The van der Waals surface area contributed by atoms with Crippen molar-refractivity contribution < 1.29 is 17.6 Å². The molecule has 0 aliphatic heterocycles. The lowest BCUT2D eigenvalue weighted by Gasteiger charge is -2.08. The zero-order valence-corrected chi connectivity index (χ0v) is 18.3. The predicted molar refractivity (Wildman–Crippen MR) is 126 cm³/mol. The molecule has 2 heterocycles. The van der Waals surface area contributed by atoms with Crippen molar-refractivity contribution in [2.24, 2.45) is 0 Å². The SMILES string of the molecule is Cc1ccc2occ(/C=C/C(=O)Nc3ccc(S(=O)(=O)Nc4ccccn4)cc3)c(=O)c2c1. The first-order valence-electron chi connectivity index (χ1n) is 9.87. The molecule has 0 saturated heterocycles. The lowest BCUT2D eigenvalue weighted by atomic mass is 10.1. The lowest BCUT2D eigenvalue weighted by molar-refractivity contribution is -0.111. The van der Waals surface area contributed by atoms with Gasteiger partial charge in [-0.3, -0.25) is 14.3 Å². The van der Waals surface area contributed by atoms with Crippen molar-refractivity contribution in [3.05, 3.63) is 101 Å². The number of nitrogens with zero attached hydrogens (tertiary/aromatic N) is 1. The van der Waals surface area contributed by atoms with E-state index >= 15 is 0 Å². The maximum absolute atomic E-state index is 12.6. The fourth-order valence-corrected chi connectivity index (χ4v) is 4.07. The third kappa shape index (κ3) is 5.16. The average molecular weight is 461 g/mol. The highest BCUT2D eigenvalue weighted by Gasteiger charge is 2.14. The maximum Gasteiger partial charge on any atom is 0.263 e. The molecule has 0 fully saturated rings. The van der Waals surface area contributed by atoms with Crippen molar-refractivity contribution in [1.29, 1.82) is 0 Å². The second-order valence-electron chi connectivity index (χ2n) is 7.19. The summed E-state index contributed by atoms with van der Waals surface area (Å²) >= 11 is 0. The van der Waals surface area contributed by atoms with Crippen molar-refractivity contribution >= 4 is 44.5 Å². The summed E-state index contributed by atoms with van der Waals surface area (Å²) in [5.41, 5.74) is 1.79. The van der Waals surface area contributed by atoms with Crippen LogP contribution in [0, 0.1) is 6.92 Å². The van der Waals surface area contributed by atoms with E-state index in [-0.39, 0.29) is 21.7 Å². The van der Waals surface area contributed by atoms with E-state index in [9.17, 15) is 18.0 Å².